The van der Waals surface area contributed by atoms with Crippen LogP contribution in [-0.2, 0) is 21.3 Å². The van der Waals surface area contributed by atoms with Gasteiger partial charge in [-0.05, 0) is 43.2 Å². The minimum absolute atomic E-state index is 0.125. The Bertz CT molecular complexity index is 1360. The lowest BCUT2D eigenvalue weighted by Crippen LogP contribution is -2.31. The van der Waals surface area contributed by atoms with Crippen molar-refractivity contribution in [2.45, 2.75) is 37.1 Å². The number of aromatic nitrogens is 1. The maximum absolute atomic E-state index is 14.5. The first-order valence-electron chi connectivity index (χ1n) is 11.0. The molecule has 0 radical (unpaired) electrons. The Labute approximate surface area is 200 Å². The maximum atomic E-state index is 14.5. The van der Waals surface area contributed by atoms with Crippen LogP contribution in [0.2, 0.25) is 0 Å². The quantitative estimate of drug-likeness (QED) is 0.504. The standard InChI is InChI=1S/C23H25F2N3O4S2/c1-32-13-12-28-21-19(25)14-17(24)15-20(21)33-23(28)26-22(29)16-6-8-18(9-7-16)34(30,31)27-10-4-2-3-5-11-27/h6-9,14-15H,2-5,10-13H2,1H3. The van der Waals surface area contributed by atoms with E-state index in [1.54, 1.807) is 0 Å². The van der Waals surface area contributed by atoms with Gasteiger partial charge in [0.2, 0.25) is 10.0 Å². The summed E-state index contributed by atoms with van der Waals surface area (Å²) in [6, 6.07) is 7.63. The number of sulfonamides is 1. The summed E-state index contributed by atoms with van der Waals surface area (Å²) in [5.74, 6) is -2.08. The lowest BCUT2D eigenvalue weighted by molar-refractivity contribution is 0.0997. The summed E-state index contributed by atoms with van der Waals surface area (Å²) in [6.07, 6.45) is 3.69. The summed E-state index contributed by atoms with van der Waals surface area (Å²) in [7, 11) is -2.14. The number of methoxy groups -OCH3 is 1. The van der Waals surface area contributed by atoms with Crippen molar-refractivity contribution in [3.8, 4) is 0 Å². The first-order valence-corrected chi connectivity index (χ1v) is 13.2. The highest BCUT2D eigenvalue weighted by Gasteiger charge is 2.25. The predicted octanol–water partition coefficient (Wildman–Crippen LogP) is 3.93. The fourth-order valence-electron chi connectivity index (χ4n) is 3.96. The molecule has 0 atom stereocenters. The topological polar surface area (TPSA) is 81.0 Å². The molecular formula is C23H25F2N3O4S2. The second-order valence-electron chi connectivity index (χ2n) is 8.02. The molecule has 0 aliphatic carbocycles. The first-order chi connectivity index (χ1) is 16.3. The van der Waals surface area contributed by atoms with E-state index < -0.39 is 27.6 Å². The number of benzene rings is 2. The van der Waals surface area contributed by atoms with Crippen LogP contribution >= 0.6 is 11.3 Å². The van der Waals surface area contributed by atoms with Crippen LogP contribution in [0.3, 0.4) is 0 Å². The molecule has 1 aliphatic rings. The zero-order valence-electron chi connectivity index (χ0n) is 18.7. The second-order valence-corrected chi connectivity index (χ2v) is 11.0. The van der Waals surface area contributed by atoms with Gasteiger partial charge < -0.3 is 9.30 Å². The highest BCUT2D eigenvalue weighted by atomic mass is 32.2. The van der Waals surface area contributed by atoms with Crippen LogP contribution in [-0.4, -0.2) is 50.0 Å². The molecule has 1 amide bonds. The van der Waals surface area contributed by atoms with E-state index in [-0.39, 0.29) is 33.9 Å². The van der Waals surface area contributed by atoms with E-state index in [9.17, 15) is 22.0 Å². The number of thiazole rings is 1. The molecule has 0 saturated carbocycles. The molecule has 7 nitrogen and oxygen atoms in total. The number of amides is 1. The van der Waals surface area contributed by atoms with Gasteiger partial charge in [-0.2, -0.15) is 9.30 Å². The summed E-state index contributed by atoms with van der Waals surface area (Å²) in [5, 5.41) is 0. The van der Waals surface area contributed by atoms with Gasteiger partial charge in [0.1, 0.15) is 5.82 Å². The van der Waals surface area contributed by atoms with Gasteiger partial charge in [-0.25, -0.2) is 17.2 Å². The molecule has 0 unspecified atom stereocenters. The number of hydrogen-bond donors (Lipinski definition) is 0. The highest BCUT2D eigenvalue weighted by molar-refractivity contribution is 7.89. The molecule has 2 heterocycles. The summed E-state index contributed by atoms with van der Waals surface area (Å²) in [5.41, 5.74) is 0.339. The zero-order valence-corrected chi connectivity index (χ0v) is 20.3. The molecule has 1 saturated heterocycles. The van der Waals surface area contributed by atoms with Crippen molar-refractivity contribution in [2.24, 2.45) is 4.99 Å². The van der Waals surface area contributed by atoms with E-state index in [0.29, 0.717) is 17.8 Å². The van der Waals surface area contributed by atoms with Crippen molar-refractivity contribution in [1.29, 1.82) is 0 Å². The molecule has 34 heavy (non-hydrogen) atoms. The number of carbonyl (C=O) groups is 1. The molecule has 0 bridgehead atoms. The highest BCUT2D eigenvalue weighted by Crippen LogP contribution is 2.23. The van der Waals surface area contributed by atoms with Crippen LogP contribution in [0.25, 0.3) is 10.2 Å². The van der Waals surface area contributed by atoms with E-state index in [4.69, 9.17) is 4.74 Å². The Morgan fingerprint density at radius 2 is 1.76 bits per heavy atom. The number of nitrogens with zero attached hydrogens (tertiary/aromatic N) is 3. The normalized spacial score (nSPS) is 16.1. The molecule has 0 N–H and O–H groups in total. The van der Waals surface area contributed by atoms with Crippen molar-refractivity contribution < 1.29 is 26.7 Å². The molecular weight excluding hydrogens is 484 g/mol. The first kappa shape index (κ1) is 24.6. The Morgan fingerprint density at radius 1 is 1.09 bits per heavy atom. The molecule has 0 spiro atoms. The van der Waals surface area contributed by atoms with E-state index >= 15 is 0 Å². The minimum Gasteiger partial charge on any atom is -0.383 e. The smallest absolute Gasteiger partial charge is 0.279 e. The lowest BCUT2D eigenvalue weighted by atomic mass is 10.2. The van der Waals surface area contributed by atoms with Crippen molar-refractivity contribution in [3.05, 3.63) is 58.4 Å². The molecule has 11 heteroatoms. The molecule has 1 fully saturated rings. The van der Waals surface area contributed by atoms with Crippen LogP contribution in [0.15, 0.2) is 46.3 Å². The lowest BCUT2D eigenvalue weighted by Gasteiger charge is -2.19. The van der Waals surface area contributed by atoms with Gasteiger partial charge in [-0.3, -0.25) is 4.79 Å². The van der Waals surface area contributed by atoms with Crippen LogP contribution < -0.4 is 4.80 Å². The Balaban J connectivity index is 1.66. The second kappa shape index (κ2) is 10.4. The largest absolute Gasteiger partial charge is 0.383 e. The number of rotatable bonds is 6. The van der Waals surface area contributed by atoms with Crippen LogP contribution in [0.5, 0.6) is 0 Å². The van der Waals surface area contributed by atoms with Gasteiger partial charge in [0.05, 0.1) is 21.7 Å². The fourth-order valence-corrected chi connectivity index (χ4v) is 6.57. The molecule has 1 aromatic heterocycles. The molecule has 4 rings (SSSR count). The van der Waals surface area contributed by atoms with Crippen LogP contribution in [0.4, 0.5) is 8.78 Å². The summed E-state index contributed by atoms with van der Waals surface area (Å²) < 4.78 is 62.4. The van der Waals surface area contributed by atoms with E-state index in [1.807, 2.05) is 0 Å². The third-order valence-corrected chi connectivity index (χ3v) is 8.65. The van der Waals surface area contributed by atoms with Gasteiger partial charge in [-0.15, -0.1) is 0 Å². The molecule has 2 aromatic carbocycles. The van der Waals surface area contributed by atoms with Gasteiger partial charge in [0.15, 0.2) is 10.6 Å². The SMILES string of the molecule is COCCn1c(=NC(=O)c2ccc(S(=O)(=O)N3CCCCCC3)cc2)sc2cc(F)cc(F)c21. The number of halogens is 2. The van der Waals surface area contributed by atoms with Gasteiger partial charge in [0, 0.05) is 38.4 Å². The minimum atomic E-state index is -3.63. The van der Waals surface area contributed by atoms with E-state index in [2.05, 4.69) is 4.99 Å². The van der Waals surface area contributed by atoms with Crippen LogP contribution in [0.1, 0.15) is 36.0 Å². The average molecular weight is 510 g/mol. The number of fused-ring (bicyclic) bond motifs is 1. The van der Waals surface area contributed by atoms with Crippen molar-refractivity contribution >= 4 is 37.5 Å². The fraction of sp³-hybridized carbons (Fsp3) is 0.391. The molecule has 1 aliphatic heterocycles. The van der Waals surface area contributed by atoms with E-state index in [1.165, 1.54) is 46.3 Å². The third kappa shape index (κ3) is 5.12. The molecule has 3 aromatic rings. The predicted molar refractivity (Wildman–Crippen MR) is 125 cm³/mol. The van der Waals surface area contributed by atoms with Crippen LogP contribution in [0, 0.1) is 11.6 Å². The van der Waals surface area contributed by atoms with Crippen molar-refractivity contribution in [2.75, 3.05) is 26.8 Å². The maximum Gasteiger partial charge on any atom is 0.279 e. The Hall–Kier alpha value is -2.47. The summed E-state index contributed by atoms with van der Waals surface area (Å²) in [4.78, 5) is 17.3. The number of carbonyl (C=O) groups excluding carboxylic acids is 1. The Kier molecular flexibility index (Phi) is 7.56. The Morgan fingerprint density at radius 3 is 2.41 bits per heavy atom. The third-order valence-electron chi connectivity index (χ3n) is 5.72. The van der Waals surface area contributed by atoms with Gasteiger partial charge in [0.25, 0.3) is 5.91 Å². The summed E-state index contributed by atoms with van der Waals surface area (Å²) >= 11 is 0.991. The monoisotopic (exact) mass is 509 g/mol. The average Bonchev–Trinajstić information content (AvgIpc) is 2.97. The van der Waals surface area contributed by atoms with Crippen molar-refractivity contribution in [3.63, 3.8) is 0 Å². The number of hydrogen-bond acceptors (Lipinski definition) is 5. The molecule has 182 valence electrons. The van der Waals surface area contributed by atoms with E-state index in [0.717, 1.165) is 43.1 Å². The zero-order chi connectivity index (χ0) is 24.3. The summed E-state index contributed by atoms with van der Waals surface area (Å²) in [6.45, 7) is 1.44. The van der Waals surface area contributed by atoms with Crippen molar-refractivity contribution in [1.82, 2.24) is 8.87 Å². The van der Waals surface area contributed by atoms with Gasteiger partial charge in [-0.1, -0.05) is 24.2 Å². The van der Waals surface area contributed by atoms with Gasteiger partial charge >= 0.3 is 0 Å². The number of ether oxygens (including phenoxy) is 1.